The third-order valence-electron chi connectivity index (χ3n) is 5.34. The van der Waals surface area contributed by atoms with E-state index >= 15 is 0 Å². The summed E-state index contributed by atoms with van der Waals surface area (Å²) in [6.07, 6.45) is 0.401. The first-order valence-corrected chi connectivity index (χ1v) is 12.8. The van der Waals surface area contributed by atoms with Crippen molar-refractivity contribution in [1.82, 2.24) is 10.0 Å². The van der Waals surface area contributed by atoms with Gasteiger partial charge in [-0.25, -0.2) is 17.9 Å². The zero-order valence-corrected chi connectivity index (χ0v) is 20.8. The molecular formula is C26H29N3O6S. The summed E-state index contributed by atoms with van der Waals surface area (Å²) in [5.74, 6) is -1.01. The molecule has 0 aliphatic rings. The first-order valence-electron chi connectivity index (χ1n) is 11.4. The molecule has 10 heteroatoms. The third kappa shape index (κ3) is 7.06. The first-order chi connectivity index (χ1) is 17.2. The standard InChI is InChI=1S/C26H29N3O6S/c1-3-15-27-26(32)28-21-12-9-18(10-13-21)20-11-14-23(35-2)24(16-20)36(33,34)29-22(17-25(30)31)19-7-5-4-6-8-19/h4-14,16,22,29H,3,15,17H2,1-2H3,(H,30,31)(H2,27,28,32). The molecule has 0 bridgehead atoms. The molecular weight excluding hydrogens is 482 g/mol. The van der Waals surface area contributed by atoms with E-state index in [0.717, 1.165) is 12.0 Å². The number of sulfonamides is 1. The Morgan fingerprint density at radius 2 is 1.64 bits per heavy atom. The molecule has 9 nitrogen and oxygen atoms in total. The van der Waals surface area contributed by atoms with Crippen molar-refractivity contribution in [2.45, 2.75) is 30.7 Å². The van der Waals surface area contributed by atoms with Crippen LogP contribution in [0.25, 0.3) is 11.1 Å². The Bertz CT molecular complexity index is 1300. The number of anilines is 1. The minimum absolute atomic E-state index is 0.116. The molecule has 0 heterocycles. The Morgan fingerprint density at radius 3 is 2.25 bits per heavy atom. The van der Waals surface area contributed by atoms with Crippen LogP contribution in [0, 0.1) is 0 Å². The highest BCUT2D eigenvalue weighted by molar-refractivity contribution is 7.89. The fourth-order valence-corrected chi connectivity index (χ4v) is 4.98. The van der Waals surface area contributed by atoms with Gasteiger partial charge in [0.15, 0.2) is 0 Å². The molecule has 0 aromatic heterocycles. The molecule has 0 radical (unpaired) electrons. The van der Waals surface area contributed by atoms with Crippen LogP contribution >= 0.6 is 0 Å². The molecule has 2 amide bonds. The zero-order chi connectivity index (χ0) is 26.1. The number of rotatable bonds is 11. The maximum absolute atomic E-state index is 13.4. The van der Waals surface area contributed by atoms with Gasteiger partial charge in [-0.15, -0.1) is 0 Å². The minimum Gasteiger partial charge on any atom is -0.495 e. The lowest BCUT2D eigenvalue weighted by Gasteiger charge is -2.19. The number of carbonyl (C=O) groups excluding carboxylic acids is 1. The van der Waals surface area contributed by atoms with Gasteiger partial charge in [0.25, 0.3) is 0 Å². The molecule has 3 rings (SSSR count). The summed E-state index contributed by atoms with van der Waals surface area (Å²) in [5, 5.41) is 14.8. The lowest BCUT2D eigenvalue weighted by Crippen LogP contribution is -2.30. The van der Waals surface area contributed by atoms with E-state index in [1.807, 2.05) is 6.92 Å². The predicted octanol–water partition coefficient (Wildman–Crippen LogP) is 4.39. The van der Waals surface area contributed by atoms with E-state index in [1.54, 1.807) is 66.7 Å². The molecule has 4 N–H and O–H groups in total. The Balaban J connectivity index is 1.89. The van der Waals surface area contributed by atoms with Crippen molar-refractivity contribution >= 4 is 27.7 Å². The van der Waals surface area contributed by atoms with Crippen LogP contribution in [-0.2, 0) is 14.8 Å². The van der Waals surface area contributed by atoms with Gasteiger partial charge in [-0.3, -0.25) is 4.79 Å². The summed E-state index contributed by atoms with van der Waals surface area (Å²) in [6, 6.07) is 19.0. The number of carboxylic acid groups (broad SMARTS) is 1. The largest absolute Gasteiger partial charge is 0.495 e. The number of amides is 2. The molecule has 36 heavy (non-hydrogen) atoms. The second kappa shape index (κ2) is 12.2. The van der Waals surface area contributed by atoms with Crippen LogP contribution < -0.4 is 20.1 Å². The monoisotopic (exact) mass is 511 g/mol. The summed E-state index contributed by atoms with van der Waals surface area (Å²) in [4.78, 5) is 23.2. The number of methoxy groups -OCH3 is 1. The van der Waals surface area contributed by atoms with Gasteiger partial charge in [-0.2, -0.15) is 0 Å². The quantitative estimate of drug-likeness (QED) is 0.302. The summed E-state index contributed by atoms with van der Waals surface area (Å²) in [7, 11) is -2.80. The zero-order valence-electron chi connectivity index (χ0n) is 20.0. The smallest absolute Gasteiger partial charge is 0.319 e. The summed E-state index contributed by atoms with van der Waals surface area (Å²) in [5.41, 5.74) is 2.45. The topological polar surface area (TPSA) is 134 Å². The highest BCUT2D eigenvalue weighted by Crippen LogP contribution is 2.32. The molecule has 0 spiro atoms. The number of ether oxygens (including phenoxy) is 1. The molecule has 1 atom stereocenters. The van der Waals surface area contributed by atoms with Crippen molar-refractivity contribution in [1.29, 1.82) is 0 Å². The van der Waals surface area contributed by atoms with Crippen molar-refractivity contribution < 1.29 is 27.9 Å². The van der Waals surface area contributed by atoms with Crippen LogP contribution in [0.5, 0.6) is 5.75 Å². The Labute approximate surface area is 210 Å². The van der Waals surface area contributed by atoms with E-state index in [-0.39, 0.29) is 16.7 Å². The number of urea groups is 1. The fraction of sp³-hybridized carbons (Fsp3) is 0.231. The summed E-state index contributed by atoms with van der Waals surface area (Å²) in [6.45, 7) is 2.53. The highest BCUT2D eigenvalue weighted by atomic mass is 32.2. The van der Waals surface area contributed by atoms with Gasteiger partial charge in [-0.1, -0.05) is 55.5 Å². The second-order valence-corrected chi connectivity index (χ2v) is 9.69. The SMILES string of the molecule is CCCNC(=O)Nc1ccc(-c2ccc(OC)c(S(=O)(=O)NC(CC(=O)O)c3ccccc3)c2)cc1. The minimum atomic E-state index is -4.16. The molecule has 1 unspecified atom stereocenters. The molecule has 0 saturated carbocycles. The number of nitrogens with one attached hydrogen (secondary N) is 3. The van der Waals surface area contributed by atoms with Crippen LogP contribution in [0.3, 0.4) is 0 Å². The van der Waals surface area contributed by atoms with Gasteiger partial charge < -0.3 is 20.5 Å². The van der Waals surface area contributed by atoms with Gasteiger partial charge in [0, 0.05) is 12.2 Å². The Kier molecular flexibility index (Phi) is 9.04. The van der Waals surface area contributed by atoms with Crippen molar-refractivity contribution in [2.75, 3.05) is 19.0 Å². The molecule has 190 valence electrons. The number of hydrogen-bond donors (Lipinski definition) is 4. The first kappa shape index (κ1) is 26.7. The maximum atomic E-state index is 13.4. The third-order valence-corrected chi connectivity index (χ3v) is 6.84. The van der Waals surface area contributed by atoms with Crippen LogP contribution in [0.1, 0.15) is 31.4 Å². The summed E-state index contributed by atoms with van der Waals surface area (Å²) >= 11 is 0. The average Bonchev–Trinajstić information content (AvgIpc) is 2.87. The second-order valence-electron chi connectivity index (χ2n) is 8.01. The summed E-state index contributed by atoms with van der Waals surface area (Å²) < 4.78 is 34.6. The van der Waals surface area contributed by atoms with Crippen LogP contribution in [-0.4, -0.2) is 39.2 Å². The predicted molar refractivity (Wildman–Crippen MR) is 137 cm³/mol. The number of benzene rings is 3. The fourth-order valence-electron chi connectivity index (χ4n) is 3.56. The number of hydrogen-bond acceptors (Lipinski definition) is 5. The Hall–Kier alpha value is -3.89. The van der Waals surface area contributed by atoms with Gasteiger partial charge in [0.1, 0.15) is 10.6 Å². The molecule has 0 aliphatic carbocycles. The van der Waals surface area contributed by atoms with Crippen LogP contribution in [0.2, 0.25) is 0 Å². The van der Waals surface area contributed by atoms with Crippen molar-refractivity contribution in [3.63, 3.8) is 0 Å². The van der Waals surface area contributed by atoms with E-state index in [4.69, 9.17) is 4.74 Å². The van der Waals surface area contributed by atoms with E-state index in [2.05, 4.69) is 15.4 Å². The van der Waals surface area contributed by atoms with Crippen molar-refractivity contribution in [3.8, 4) is 16.9 Å². The van der Waals surface area contributed by atoms with Crippen LogP contribution in [0.15, 0.2) is 77.7 Å². The number of carbonyl (C=O) groups is 2. The van der Waals surface area contributed by atoms with E-state index in [1.165, 1.54) is 13.2 Å². The molecule has 0 fully saturated rings. The lowest BCUT2D eigenvalue weighted by atomic mass is 10.1. The number of aliphatic carboxylic acids is 1. The van der Waals surface area contributed by atoms with Crippen molar-refractivity contribution in [2.24, 2.45) is 0 Å². The van der Waals surface area contributed by atoms with E-state index < -0.39 is 28.5 Å². The normalized spacial score (nSPS) is 11.9. The molecule has 3 aromatic carbocycles. The molecule has 0 aliphatic heterocycles. The molecule has 3 aromatic rings. The maximum Gasteiger partial charge on any atom is 0.319 e. The van der Waals surface area contributed by atoms with Gasteiger partial charge in [0.2, 0.25) is 10.0 Å². The van der Waals surface area contributed by atoms with Crippen molar-refractivity contribution in [3.05, 3.63) is 78.4 Å². The average molecular weight is 512 g/mol. The van der Waals surface area contributed by atoms with Gasteiger partial charge >= 0.3 is 12.0 Å². The lowest BCUT2D eigenvalue weighted by molar-refractivity contribution is -0.137. The number of carboxylic acids is 1. The molecule has 0 saturated heterocycles. The van der Waals surface area contributed by atoms with E-state index in [9.17, 15) is 23.1 Å². The van der Waals surface area contributed by atoms with Gasteiger partial charge in [0.05, 0.1) is 19.6 Å². The van der Waals surface area contributed by atoms with Crippen LogP contribution in [0.4, 0.5) is 10.5 Å². The van der Waals surface area contributed by atoms with E-state index in [0.29, 0.717) is 23.4 Å². The highest BCUT2D eigenvalue weighted by Gasteiger charge is 2.26. The van der Waals surface area contributed by atoms with Gasteiger partial charge in [-0.05, 0) is 47.4 Å². The Morgan fingerprint density at radius 1 is 0.972 bits per heavy atom.